The Morgan fingerprint density at radius 3 is 2.90 bits per heavy atom. The number of carbonyl (C=O) groups excluding carboxylic acids is 1. The van der Waals surface area contributed by atoms with E-state index in [9.17, 15) is 9.18 Å². The van der Waals surface area contributed by atoms with Crippen LogP contribution in [0.2, 0.25) is 5.02 Å². The first kappa shape index (κ1) is 14.5. The Morgan fingerprint density at radius 1 is 1.29 bits per heavy atom. The minimum Gasteiger partial charge on any atom is -0.324 e. The molecule has 0 radical (unpaired) electrons. The van der Waals surface area contributed by atoms with Gasteiger partial charge in [0.25, 0.3) is 0 Å². The summed E-state index contributed by atoms with van der Waals surface area (Å²) < 4.78 is 14.1. The van der Waals surface area contributed by atoms with Crippen LogP contribution >= 0.6 is 27.5 Å². The number of nitrogens with one attached hydrogen (secondary N) is 2. The third kappa shape index (κ3) is 2.95. The van der Waals surface area contributed by atoms with E-state index >= 15 is 0 Å². The molecule has 2 aromatic rings. The summed E-state index contributed by atoms with van der Waals surface area (Å²) in [5.74, 6) is -0.450. The highest BCUT2D eigenvalue weighted by atomic mass is 79.9. The van der Waals surface area contributed by atoms with Crippen molar-refractivity contribution < 1.29 is 9.18 Å². The summed E-state index contributed by atoms with van der Waals surface area (Å²) in [5.41, 5.74) is 2.30. The Labute approximate surface area is 134 Å². The maximum absolute atomic E-state index is 13.3. The third-order valence-electron chi connectivity index (χ3n) is 3.35. The Morgan fingerprint density at radius 2 is 2.10 bits per heavy atom. The third-order valence-corrected chi connectivity index (χ3v) is 4.36. The molecule has 3 rings (SSSR count). The summed E-state index contributed by atoms with van der Waals surface area (Å²) in [5, 5.41) is 6.50. The van der Waals surface area contributed by atoms with E-state index < -0.39 is 6.04 Å². The first-order valence-electron chi connectivity index (χ1n) is 6.32. The van der Waals surface area contributed by atoms with Crippen LogP contribution in [0.25, 0.3) is 0 Å². The number of carbonyl (C=O) groups is 1. The van der Waals surface area contributed by atoms with Crippen LogP contribution in [-0.4, -0.2) is 5.91 Å². The lowest BCUT2D eigenvalue weighted by Gasteiger charge is -2.13. The van der Waals surface area contributed by atoms with Crippen molar-refractivity contribution in [3.05, 3.63) is 62.8 Å². The van der Waals surface area contributed by atoms with Gasteiger partial charge in [-0.15, -0.1) is 0 Å². The fraction of sp³-hybridized carbons (Fsp3) is 0.133. The van der Waals surface area contributed by atoms with Gasteiger partial charge in [-0.3, -0.25) is 10.1 Å². The van der Waals surface area contributed by atoms with Gasteiger partial charge in [0, 0.05) is 27.3 Å². The zero-order valence-corrected chi connectivity index (χ0v) is 13.1. The summed E-state index contributed by atoms with van der Waals surface area (Å²) in [6, 6.07) is 9.22. The molecule has 0 aliphatic carbocycles. The van der Waals surface area contributed by atoms with Gasteiger partial charge in [-0.1, -0.05) is 27.5 Å². The van der Waals surface area contributed by atoms with Crippen LogP contribution in [0.3, 0.4) is 0 Å². The lowest BCUT2D eigenvalue weighted by Crippen LogP contribution is -2.27. The average Bonchev–Trinajstić information content (AvgIpc) is 2.75. The minimum absolute atomic E-state index is 0.139. The molecule has 3 nitrogen and oxygen atoms in total. The first-order chi connectivity index (χ1) is 10.0. The highest BCUT2D eigenvalue weighted by molar-refractivity contribution is 9.10. The molecule has 0 spiro atoms. The molecule has 1 heterocycles. The average molecular weight is 370 g/mol. The van der Waals surface area contributed by atoms with E-state index in [1.807, 2.05) is 0 Å². The molecule has 0 bridgehead atoms. The molecule has 0 aromatic heterocycles. The van der Waals surface area contributed by atoms with Gasteiger partial charge in [0.15, 0.2) is 0 Å². The van der Waals surface area contributed by atoms with Crippen molar-refractivity contribution in [1.29, 1.82) is 0 Å². The van der Waals surface area contributed by atoms with E-state index in [-0.39, 0.29) is 11.7 Å². The largest absolute Gasteiger partial charge is 0.324 e. The van der Waals surface area contributed by atoms with Crippen molar-refractivity contribution in [3.8, 4) is 0 Å². The molecular formula is C15H11BrClFN2O. The second-order valence-corrected chi connectivity index (χ2v) is 6.06. The topological polar surface area (TPSA) is 41.1 Å². The number of fused-ring (bicyclic) bond motifs is 1. The van der Waals surface area contributed by atoms with E-state index in [1.54, 1.807) is 24.3 Å². The highest BCUT2D eigenvalue weighted by Gasteiger charge is 2.30. The van der Waals surface area contributed by atoms with E-state index in [4.69, 9.17) is 11.6 Å². The van der Waals surface area contributed by atoms with Crippen LogP contribution in [0.4, 0.5) is 10.1 Å². The van der Waals surface area contributed by atoms with Gasteiger partial charge < -0.3 is 5.32 Å². The Hall–Kier alpha value is -1.43. The fourth-order valence-electron chi connectivity index (χ4n) is 2.33. The summed E-state index contributed by atoms with van der Waals surface area (Å²) in [6.45, 7) is 0.363. The van der Waals surface area contributed by atoms with Gasteiger partial charge in [0.2, 0.25) is 5.91 Å². The monoisotopic (exact) mass is 368 g/mol. The van der Waals surface area contributed by atoms with E-state index in [0.717, 1.165) is 21.3 Å². The molecule has 0 saturated heterocycles. The molecule has 1 unspecified atom stereocenters. The molecular weight excluding hydrogens is 359 g/mol. The fourth-order valence-corrected chi connectivity index (χ4v) is 2.89. The summed E-state index contributed by atoms with van der Waals surface area (Å²) >= 11 is 9.35. The second-order valence-electron chi connectivity index (χ2n) is 4.77. The van der Waals surface area contributed by atoms with Gasteiger partial charge in [0.1, 0.15) is 11.9 Å². The number of halogens is 3. The predicted molar refractivity (Wildman–Crippen MR) is 83.8 cm³/mol. The highest BCUT2D eigenvalue weighted by Crippen LogP contribution is 2.33. The molecule has 21 heavy (non-hydrogen) atoms. The predicted octanol–water partition coefficient (Wildman–Crippen LogP) is 4.02. The first-order valence-corrected chi connectivity index (χ1v) is 7.49. The van der Waals surface area contributed by atoms with Crippen molar-refractivity contribution in [2.24, 2.45) is 0 Å². The molecule has 6 heteroatoms. The van der Waals surface area contributed by atoms with Crippen LogP contribution in [0.1, 0.15) is 17.2 Å². The van der Waals surface area contributed by atoms with Gasteiger partial charge in [-0.2, -0.15) is 0 Å². The number of benzene rings is 2. The standard InChI is InChI=1S/C15H11BrClFN2O/c16-12-3-2-10(18)5-8(12)7-19-14-11-6-9(17)1-4-13(11)20-15(14)21/h1-6,14,19H,7H2,(H,20,21). The molecule has 0 saturated carbocycles. The van der Waals surface area contributed by atoms with Gasteiger partial charge >= 0.3 is 0 Å². The molecule has 1 amide bonds. The molecule has 108 valence electrons. The molecule has 2 N–H and O–H groups in total. The normalized spacial score (nSPS) is 16.7. The van der Waals surface area contributed by atoms with Crippen LogP contribution in [0, 0.1) is 5.82 Å². The molecule has 2 aromatic carbocycles. The van der Waals surface area contributed by atoms with Gasteiger partial charge in [-0.05, 0) is 42.0 Å². The van der Waals surface area contributed by atoms with Crippen LogP contribution in [-0.2, 0) is 11.3 Å². The lowest BCUT2D eigenvalue weighted by molar-refractivity contribution is -0.117. The number of amides is 1. The van der Waals surface area contributed by atoms with Crippen molar-refractivity contribution in [2.75, 3.05) is 5.32 Å². The zero-order valence-electron chi connectivity index (χ0n) is 10.8. The van der Waals surface area contributed by atoms with E-state index in [1.165, 1.54) is 12.1 Å². The van der Waals surface area contributed by atoms with E-state index in [0.29, 0.717) is 11.6 Å². The smallest absolute Gasteiger partial charge is 0.246 e. The minimum atomic E-state index is -0.492. The van der Waals surface area contributed by atoms with Crippen LogP contribution in [0.15, 0.2) is 40.9 Å². The molecule has 1 atom stereocenters. The lowest BCUT2D eigenvalue weighted by atomic mass is 10.1. The van der Waals surface area contributed by atoms with Crippen LogP contribution < -0.4 is 10.6 Å². The van der Waals surface area contributed by atoms with E-state index in [2.05, 4.69) is 26.6 Å². The van der Waals surface area contributed by atoms with Gasteiger partial charge in [-0.25, -0.2) is 4.39 Å². The van der Waals surface area contributed by atoms with Crippen molar-refractivity contribution >= 4 is 39.1 Å². The zero-order chi connectivity index (χ0) is 15.0. The molecule has 1 aliphatic rings. The maximum atomic E-state index is 13.3. The summed E-state index contributed by atoms with van der Waals surface area (Å²) in [7, 11) is 0. The Balaban J connectivity index is 1.81. The number of hydrogen-bond donors (Lipinski definition) is 2. The quantitative estimate of drug-likeness (QED) is 0.858. The van der Waals surface area contributed by atoms with Gasteiger partial charge in [0.05, 0.1) is 0 Å². The summed E-state index contributed by atoms with van der Waals surface area (Å²) in [6.07, 6.45) is 0. The maximum Gasteiger partial charge on any atom is 0.246 e. The number of rotatable bonds is 3. The number of hydrogen-bond acceptors (Lipinski definition) is 2. The number of anilines is 1. The second kappa shape index (κ2) is 5.75. The van der Waals surface area contributed by atoms with Crippen molar-refractivity contribution in [1.82, 2.24) is 5.32 Å². The van der Waals surface area contributed by atoms with Crippen LogP contribution in [0.5, 0.6) is 0 Å². The van der Waals surface area contributed by atoms with Crippen molar-refractivity contribution in [2.45, 2.75) is 12.6 Å². The Kier molecular flexibility index (Phi) is 3.97. The Bertz CT molecular complexity index is 723. The SMILES string of the molecule is O=C1Nc2ccc(Cl)cc2C1NCc1cc(F)ccc1Br. The summed E-state index contributed by atoms with van der Waals surface area (Å²) in [4.78, 5) is 12.0. The van der Waals surface area contributed by atoms with Crippen molar-refractivity contribution in [3.63, 3.8) is 0 Å². The molecule has 1 aliphatic heterocycles. The molecule has 0 fully saturated rings.